The van der Waals surface area contributed by atoms with Crippen LogP contribution in [0.1, 0.15) is 63.7 Å². The normalized spacial score (nSPS) is 18.5. The Morgan fingerprint density at radius 3 is 2.21 bits per heavy atom. The van der Waals surface area contributed by atoms with Gasteiger partial charge in [-0.15, -0.1) is 0 Å². The molecule has 0 unspecified atom stereocenters. The van der Waals surface area contributed by atoms with Crippen molar-refractivity contribution in [3.8, 4) is 11.1 Å². The molecule has 1 saturated carbocycles. The minimum Gasteiger partial charge on any atom is -0.375 e. The van der Waals surface area contributed by atoms with Gasteiger partial charge >= 0.3 is 0 Å². The molecule has 0 amide bonds. The molecule has 3 heteroatoms. The lowest BCUT2D eigenvalue weighted by Crippen LogP contribution is -2.37. The molecule has 5 rings (SSSR count). The average Bonchev–Trinajstić information content (AvgIpc) is 3.41. The molecule has 0 N–H and O–H groups in total. The van der Waals surface area contributed by atoms with Crippen molar-refractivity contribution in [2.75, 3.05) is 13.1 Å². The Balaban J connectivity index is 1.27. The zero-order chi connectivity index (χ0) is 23.4. The van der Waals surface area contributed by atoms with Crippen LogP contribution >= 0.6 is 0 Å². The number of likely N-dealkylation sites (tertiary alicyclic amines) is 1. The van der Waals surface area contributed by atoms with Crippen LogP contribution in [0.15, 0.2) is 67.0 Å². The smallest absolute Gasteiger partial charge is 0.166 e. The third kappa shape index (κ3) is 4.14. The third-order valence-corrected chi connectivity index (χ3v) is 7.86. The molecule has 0 spiro atoms. The van der Waals surface area contributed by atoms with Gasteiger partial charge in [0.15, 0.2) is 5.78 Å². The number of benzene rings is 2. The van der Waals surface area contributed by atoms with Gasteiger partial charge in [-0.25, -0.2) is 0 Å². The van der Waals surface area contributed by atoms with E-state index in [9.17, 15) is 4.79 Å². The molecule has 2 aromatic carbocycles. The molecule has 1 aliphatic heterocycles. The van der Waals surface area contributed by atoms with E-state index >= 15 is 0 Å². The average molecular weight is 441 g/mol. The first-order valence-corrected chi connectivity index (χ1v) is 12.4. The summed E-state index contributed by atoms with van der Waals surface area (Å²) in [7, 11) is 0. The molecule has 33 heavy (non-hydrogen) atoms. The number of hydrogen-bond acceptors (Lipinski definition) is 2. The van der Waals surface area contributed by atoms with Crippen molar-refractivity contribution in [2.24, 2.45) is 11.3 Å². The number of Topliss-reactive ketones (excluding diaryl/α,β-unsaturated/α-hetero) is 1. The van der Waals surface area contributed by atoms with Crippen LogP contribution in [0.3, 0.4) is 0 Å². The summed E-state index contributed by atoms with van der Waals surface area (Å²) in [5.41, 5.74) is 6.10. The summed E-state index contributed by atoms with van der Waals surface area (Å²) in [6.07, 6.45) is 6.54. The van der Waals surface area contributed by atoms with E-state index in [4.69, 9.17) is 0 Å². The molecule has 2 heterocycles. The van der Waals surface area contributed by atoms with Crippen LogP contribution < -0.4 is 0 Å². The van der Waals surface area contributed by atoms with E-state index in [0.717, 1.165) is 37.1 Å². The zero-order valence-corrected chi connectivity index (χ0v) is 20.5. The molecule has 1 aromatic heterocycles. The van der Waals surface area contributed by atoms with E-state index in [-0.39, 0.29) is 11.5 Å². The maximum Gasteiger partial charge on any atom is 0.166 e. The van der Waals surface area contributed by atoms with Crippen molar-refractivity contribution in [1.82, 2.24) is 9.47 Å². The van der Waals surface area contributed by atoms with Crippen LogP contribution in [-0.4, -0.2) is 28.3 Å². The fourth-order valence-electron chi connectivity index (χ4n) is 5.24. The first-order valence-electron chi connectivity index (χ1n) is 12.4. The maximum atomic E-state index is 13.2. The number of carbonyl (C=O) groups is 1. The molecule has 0 radical (unpaired) electrons. The monoisotopic (exact) mass is 440 g/mol. The van der Waals surface area contributed by atoms with E-state index < -0.39 is 0 Å². The van der Waals surface area contributed by atoms with Gasteiger partial charge < -0.3 is 9.47 Å². The van der Waals surface area contributed by atoms with Crippen molar-refractivity contribution < 1.29 is 4.79 Å². The number of allylic oxidation sites excluding steroid dienone is 1. The molecule has 2 aliphatic rings. The molecule has 3 aromatic rings. The van der Waals surface area contributed by atoms with Gasteiger partial charge in [0.05, 0.1) is 0 Å². The summed E-state index contributed by atoms with van der Waals surface area (Å²) in [6.45, 7) is 15.3. The lowest BCUT2D eigenvalue weighted by Gasteiger charge is -2.36. The molecule has 3 nitrogen and oxygen atoms in total. The Morgan fingerprint density at radius 2 is 1.61 bits per heavy atom. The Labute approximate surface area is 198 Å². The largest absolute Gasteiger partial charge is 0.375 e. The van der Waals surface area contributed by atoms with Gasteiger partial charge in [0.25, 0.3) is 0 Å². The summed E-state index contributed by atoms with van der Waals surface area (Å²) in [4.78, 5) is 15.6. The molecular formula is C30H36N2O. The second-order valence-corrected chi connectivity index (χ2v) is 11.3. The fraction of sp³-hybridized carbons (Fsp3) is 0.433. The van der Waals surface area contributed by atoms with Gasteiger partial charge in [-0.3, -0.25) is 4.79 Å². The van der Waals surface area contributed by atoms with Crippen LogP contribution in [0, 0.1) is 11.3 Å². The Bertz CT molecular complexity index is 1200. The Hall–Kier alpha value is -2.81. The number of fused-ring (bicyclic) bond motifs is 1. The van der Waals surface area contributed by atoms with E-state index in [1.807, 2.05) is 12.1 Å². The predicted octanol–water partition coefficient (Wildman–Crippen LogP) is 7.27. The lowest BCUT2D eigenvalue weighted by molar-refractivity contribution is 0.0854. The SMILES string of the molecule is C=C(N1CCC(C(=O)c2ccc(-c3ccc4c(ccn4C(C)(C)C)c3)cc2)CC1)C1(C)CC1. The summed E-state index contributed by atoms with van der Waals surface area (Å²) in [5, 5.41) is 1.25. The standard InChI is InChI=1S/C30H36N2O/c1-21(30(5)15-16-30)31-17-12-24(13-18-31)28(33)23-8-6-22(7-9-23)25-10-11-27-26(20-25)14-19-32(27)29(2,3)4/h6-11,14,19-20,24H,1,12-13,15-18H2,2-5H3. The summed E-state index contributed by atoms with van der Waals surface area (Å²) in [5.74, 6) is 0.419. The molecule has 1 saturated heterocycles. The van der Waals surface area contributed by atoms with Crippen molar-refractivity contribution in [2.45, 2.75) is 58.9 Å². The first-order chi connectivity index (χ1) is 15.7. The summed E-state index contributed by atoms with van der Waals surface area (Å²) in [6, 6.07) is 17.0. The van der Waals surface area contributed by atoms with Gasteiger partial charge in [0, 0.05) is 58.3 Å². The number of ketones is 1. The lowest BCUT2D eigenvalue weighted by atomic mass is 9.87. The number of aromatic nitrogens is 1. The van der Waals surface area contributed by atoms with Gasteiger partial charge in [0.2, 0.25) is 0 Å². The Kier molecular flexibility index (Phi) is 5.27. The van der Waals surface area contributed by atoms with Crippen LogP contribution in [-0.2, 0) is 5.54 Å². The quantitative estimate of drug-likeness (QED) is 0.390. The highest BCUT2D eigenvalue weighted by atomic mass is 16.1. The second kappa shape index (κ2) is 7.90. The minimum atomic E-state index is 0.0600. The van der Waals surface area contributed by atoms with Gasteiger partial charge in [-0.2, -0.15) is 0 Å². The minimum absolute atomic E-state index is 0.0600. The summed E-state index contributed by atoms with van der Waals surface area (Å²) >= 11 is 0. The van der Waals surface area contributed by atoms with Crippen molar-refractivity contribution >= 4 is 16.7 Å². The van der Waals surface area contributed by atoms with Gasteiger partial charge in [0.1, 0.15) is 0 Å². The molecule has 172 valence electrons. The van der Waals surface area contributed by atoms with E-state index in [2.05, 4.69) is 86.3 Å². The number of piperidine rings is 1. The highest BCUT2D eigenvalue weighted by molar-refractivity contribution is 5.98. The second-order valence-electron chi connectivity index (χ2n) is 11.3. The molecule has 0 bridgehead atoms. The van der Waals surface area contributed by atoms with E-state index in [1.165, 1.54) is 35.0 Å². The molecule has 1 aliphatic carbocycles. The van der Waals surface area contributed by atoms with Gasteiger partial charge in [-0.05, 0) is 75.8 Å². The maximum absolute atomic E-state index is 13.2. The Morgan fingerprint density at radius 1 is 0.970 bits per heavy atom. The van der Waals surface area contributed by atoms with Crippen LogP contribution in [0.4, 0.5) is 0 Å². The zero-order valence-electron chi connectivity index (χ0n) is 20.5. The van der Waals surface area contributed by atoms with E-state index in [0.29, 0.717) is 11.2 Å². The first kappa shape index (κ1) is 22.0. The highest BCUT2D eigenvalue weighted by Gasteiger charge is 2.43. The number of rotatable bonds is 5. The van der Waals surface area contributed by atoms with Crippen molar-refractivity contribution in [1.29, 1.82) is 0 Å². The number of hydrogen-bond donors (Lipinski definition) is 0. The van der Waals surface area contributed by atoms with Crippen LogP contribution in [0.2, 0.25) is 0 Å². The third-order valence-electron chi connectivity index (χ3n) is 7.86. The molecule has 0 atom stereocenters. The van der Waals surface area contributed by atoms with Crippen LogP contribution in [0.5, 0.6) is 0 Å². The summed E-state index contributed by atoms with van der Waals surface area (Å²) < 4.78 is 2.32. The van der Waals surface area contributed by atoms with E-state index in [1.54, 1.807) is 0 Å². The fourth-order valence-corrected chi connectivity index (χ4v) is 5.24. The van der Waals surface area contributed by atoms with Crippen molar-refractivity contribution in [3.63, 3.8) is 0 Å². The van der Waals surface area contributed by atoms with Crippen LogP contribution in [0.25, 0.3) is 22.0 Å². The highest BCUT2D eigenvalue weighted by Crippen LogP contribution is 2.52. The molecular weight excluding hydrogens is 404 g/mol. The molecule has 2 fully saturated rings. The number of nitrogens with zero attached hydrogens (tertiary/aromatic N) is 2. The van der Waals surface area contributed by atoms with Crippen molar-refractivity contribution in [3.05, 3.63) is 72.6 Å². The predicted molar refractivity (Wildman–Crippen MR) is 137 cm³/mol. The van der Waals surface area contributed by atoms with Gasteiger partial charge in [-0.1, -0.05) is 43.8 Å². The number of carbonyl (C=O) groups excluding carboxylic acids is 1. The topological polar surface area (TPSA) is 25.2 Å².